The maximum absolute atomic E-state index is 12.3. The fourth-order valence-electron chi connectivity index (χ4n) is 1.97. The molecule has 0 radical (unpaired) electrons. The first-order valence-corrected chi connectivity index (χ1v) is 7.73. The number of hydrogen-bond acceptors (Lipinski definition) is 4. The maximum Gasteiger partial charge on any atom is 0.242 e. The van der Waals surface area contributed by atoms with Crippen molar-refractivity contribution in [2.24, 2.45) is 0 Å². The normalized spacial score (nSPS) is 13.3. The minimum Gasteiger partial charge on any atom is -0.398 e. The van der Waals surface area contributed by atoms with Crippen molar-refractivity contribution in [3.05, 3.63) is 42.2 Å². The fourth-order valence-corrected chi connectivity index (χ4v) is 3.31. The molecule has 0 saturated heterocycles. The molecule has 20 heavy (non-hydrogen) atoms. The molecule has 0 aliphatic carbocycles. The predicted octanol–water partition coefficient (Wildman–Crippen LogP) is 1.14. The third-order valence-electron chi connectivity index (χ3n) is 2.83. The van der Waals surface area contributed by atoms with Crippen molar-refractivity contribution >= 4 is 15.7 Å². The van der Waals surface area contributed by atoms with Crippen LogP contribution >= 0.6 is 0 Å². The number of aryl methyl sites for hydroxylation is 1. The van der Waals surface area contributed by atoms with E-state index in [0.717, 1.165) is 5.56 Å². The number of nitrogens with one attached hydrogen (secondary N) is 1. The second-order valence-electron chi connectivity index (χ2n) is 4.79. The Balaban J connectivity index is 2.14. The quantitative estimate of drug-likeness (QED) is 0.809. The molecule has 0 fully saturated rings. The standard InChI is InChI=1S/C13H18N4O2S/c1-10-4-5-13(12(14)8-10)20(18,19)16-11(2)9-17-7-3-6-15-17/h3-8,11,16H,9,14H2,1-2H3. The molecule has 108 valence electrons. The number of aromatic nitrogens is 2. The summed E-state index contributed by atoms with van der Waals surface area (Å²) < 4.78 is 28.8. The highest BCUT2D eigenvalue weighted by molar-refractivity contribution is 7.89. The average molecular weight is 294 g/mol. The lowest BCUT2D eigenvalue weighted by Gasteiger charge is -2.15. The lowest BCUT2D eigenvalue weighted by Crippen LogP contribution is -2.36. The lowest BCUT2D eigenvalue weighted by atomic mass is 10.2. The van der Waals surface area contributed by atoms with Gasteiger partial charge in [0, 0.05) is 18.4 Å². The summed E-state index contributed by atoms with van der Waals surface area (Å²) >= 11 is 0. The molecule has 1 atom stereocenters. The first kappa shape index (κ1) is 14.5. The van der Waals surface area contributed by atoms with Crippen molar-refractivity contribution in [3.63, 3.8) is 0 Å². The van der Waals surface area contributed by atoms with Crippen LogP contribution in [0.3, 0.4) is 0 Å². The van der Waals surface area contributed by atoms with E-state index >= 15 is 0 Å². The molecule has 2 aromatic rings. The highest BCUT2D eigenvalue weighted by atomic mass is 32.2. The molecule has 1 unspecified atom stereocenters. The maximum atomic E-state index is 12.3. The van der Waals surface area contributed by atoms with Crippen LogP contribution in [0, 0.1) is 6.92 Å². The second-order valence-corrected chi connectivity index (χ2v) is 6.47. The Morgan fingerprint density at radius 2 is 2.20 bits per heavy atom. The predicted molar refractivity (Wildman–Crippen MR) is 77.6 cm³/mol. The molecule has 3 N–H and O–H groups in total. The highest BCUT2D eigenvalue weighted by Gasteiger charge is 2.20. The van der Waals surface area contributed by atoms with Crippen LogP contribution in [0.2, 0.25) is 0 Å². The largest absolute Gasteiger partial charge is 0.398 e. The number of nitrogen functional groups attached to an aromatic ring is 1. The molecule has 1 aromatic heterocycles. The number of hydrogen-bond donors (Lipinski definition) is 2. The zero-order valence-electron chi connectivity index (χ0n) is 11.4. The number of nitrogens with zero attached hydrogens (tertiary/aromatic N) is 2. The van der Waals surface area contributed by atoms with Crippen molar-refractivity contribution in [2.45, 2.75) is 31.3 Å². The molecule has 1 heterocycles. The molecule has 1 aromatic carbocycles. The summed E-state index contributed by atoms with van der Waals surface area (Å²) in [5.41, 5.74) is 6.96. The Kier molecular flexibility index (Phi) is 4.10. The summed E-state index contributed by atoms with van der Waals surface area (Å²) in [5.74, 6) is 0. The van der Waals surface area contributed by atoms with E-state index in [9.17, 15) is 8.42 Å². The third-order valence-corrected chi connectivity index (χ3v) is 4.49. The fraction of sp³-hybridized carbons (Fsp3) is 0.308. The number of benzene rings is 1. The SMILES string of the molecule is Cc1ccc(S(=O)(=O)NC(C)Cn2cccn2)c(N)c1. The minimum absolute atomic E-state index is 0.107. The van der Waals surface area contributed by atoms with Gasteiger partial charge in [-0.1, -0.05) is 6.07 Å². The Morgan fingerprint density at radius 3 is 2.80 bits per heavy atom. The molecule has 0 amide bonds. The smallest absolute Gasteiger partial charge is 0.242 e. The van der Waals surface area contributed by atoms with Crippen molar-refractivity contribution in [1.29, 1.82) is 0 Å². The van der Waals surface area contributed by atoms with Gasteiger partial charge in [-0.05, 0) is 37.6 Å². The van der Waals surface area contributed by atoms with Crippen LogP contribution in [0.25, 0.3) is 0 Å². The van der Waals surface area contributed by atoms with E-state index in [1.54, 1.807) is 42.2 Å². The Morgan fingerprint density at radius 1 is 1.45 bits per heavy atom. The van der Waals surface area contributed by atoms with E-state index < -0.39 is 10.0 Å². The van der Waals surface area contributed by atoms with Gasteiger partial charge in [-0.3, -0.25) is 4.68 Å². The summed E-state index contributed by atoms with van der Waals surface area (Å²) in [6, 6.07) is 6.39. The monoisotopic (exact) mass is 294 g/mol. The number of nitrogens with two attached hydrogens (primary N) is 1. The van der Waals surface area contributed by atoms with E-state index in [2.05, 4.69) is 9.82 Å². The van der Waals surface area contributed by atoms with E-state index in [4.69, 9.17) is 5.73 Å². The molecule has 6 nitrogen and oxygen atoms in total. The van der Waals surface area contributed by atoms with Gasteiger partial charge >= 0.3 is 0 Å². The van der Waals surface area contributed by atoms with E-state index in [-0.39, 0.29) is 16.6 Å². The van der Waals surface area contributed by atoms with Crippen molar-refractivity contribution < 1.29 is 8.42 Å². The summed E-state index contributed by atoms with van der Waals surface area (Å²) in [6.07, 6.45) is 3.43. The minimum atomic E-state index is -3.63. The van der Waals surface area contributed by atoms with Crippen LogP contribution in [-0.2, 0) is 16.6 Å². The summed E-state index contributed by atoms with van der Waals surface area (Å²) in [5, 5.41) is 4.05. The van der Waals surface area contributed by atoms with Gasteiger partial charge in [0.25, 0.3) is 0 Å². The van der Waals surface area contributed by atoms with Crippen LogP contribution in [0.5, 0.6) is 0 Å². The van der Waals surface area contributed by atoms with E-state index in [1.807, 2.05) is 6.92 Å². The number of sulfonamides is 1. The van der Waals surface area contributed by atoms with Gasteiger partial charge in [-0.2, -0.15) is 5.10 Å². The van der Waals surface area contributed by atoms with Crippen molar-refractivity contribution in [3.8, 4) is 0 Å². The third kappa shape index (κ3) is 3.37. The summed E-state index contributed by atoms with van der Waals surface area (Å²) in [7, 11) is -3.63. The average Bonchev–Trinajstić information content (AvgIpc) is 2.79. The van der Waals surface area contributed by atoms with Gasteiger partial charge < -0.3 is 5.73 Å². The van der Waals surface area contributed by atoms with Gasteiger partial charge in [-0.25, -0.2) is 13.1 Å². The van der Waals surface area contributed by atoms with Gasteiger partial charge in [0.2, 0.25) is 10.0 Å². The zero-order chi connectivity index (χ0) is 14.8. The van der Waals surface area contributed by atoms with E-state index in [1.165, 1.54) is 6.07 Å². The van der Waals surface area contributed by atoms with Gasteiger partial charge in [0.1, 0.15) is 4.90 Å². The molecule has 0 spiro atoms. The van der Waals surface area contributed by atoms with E-state index in [0.29, 0.717) is 6.54 Å². The molecular formula is C13H18N4O2S. The van der Waals surface area contributed by atoms with Crippen LogP contribution in [-0.4, -0.2) is 24.2 Å². The summed E-state index contributed by atoms with van der Waals surface area (Å²) in [4.78, 5) is 0.107. The second kappa shape index (κ2) is 5.64. The Bertz CT molecular complexity index is 680. The van der Waals surface area contributed by atoms with Gasteiger partial charge in [0.05, 0.1) is 12.2 Å². The molecule has 0 bridgehead atoms. The molecule has 0 aliphatic heterocycles. The number of anilines is 1. The van der Waals surface area contributed by atoms with Crippen LogP contribution in [0.1, 0.15) is 12.5 Å². The highest BCUT2D eigenvalue weighted by Crippen LogP contribution is 2.19. The number of rotatable bonds is 5. The van der Waals surface area contributed by atoms with Crippen molar-refractivity contribution in [1.82, 2.24) is 14.5 Å². The summed E-state index contributed by atoms with van der Waals surface area (Å²) in [6.45, 7) is 4.10. The van der Waals surface area contributed by atoms with Crippen LogP contribution in [0.4, 0.5) is 5.69 Å². The van der Waals surface area contributed by atoms with Gasteiger partial charge in [-0.15, -0.1) is 0 Å². The Labute approximate surface area is 118 Å². The Hall–Kier alpha value is -1.86. The molecule has 2 rings (SSSR count). The van der Waals surface area contributed by atoms with Crippen LogP contribution in [0.15, 0.2) is 41.6 Å². The lowest BCUT2D eigenvalue weighted by molar-refractivity contribution is 0.494. The molecular weight excluding hydrogens is 276 g/mol. The molecule has 7 heteroatoms. The zero-order valence-corrected chi connectivity index (χ0v) is 12.3. The van der Waals surface area contributed by atoms with Gasteiger partial charge in [0.15, 0.2) is 0 Å². The van der Waals surface area contributed by atoms with Crippen LogP contribution < -0.4 is 10.5 Å². The first-order valence-electron chi connectivity index (χ1n) is 6.24. The topological polar surface area (TPSA) is 90.0 Å². The molecule has 0 aliphatic rings. The van der Waals surface area contributed by atoms with Crippen molar-refractivity contribution in [2.75, 3.05) is 5.73 Å². The first-order chi connectivity index (χ1) is 9.38. The molecule has 0 saturated carbocycles.